The van der Waals surface area contributed by atoms with Crippen LogP contribution in [0.4, 0.5) is 4.39 Å². The van der Waals surface area contributed by atoms with Gasteiger partial charge in [-0.25, -0.2) is 4.39 Å². The number of rotatable bonds is 7. The van der Waals surface area contributed by atoms with Crippen LogP contribution < -0.4 is 5.32 Å². The van der Waals surface area contributed by atoms with Crippen molar-refractivity contribution < 1.29 is 13.7 Å². The van der Waals surface area contributed by atoms with Crippen LogP contribution in [-0.2, 0) is 4.79 Å². The molecule has 0 bridgehead atoms. The van der Waals surface area contributed by atoms with Crippen molar-refractivity contribution in [1.29, 1.82) is 0 Å². The summed E-state index contributed by atoms with van der Waals surface area (Å²) in [5, 5.41) is 6.67. The number of aromatic nitrogens is 2. The minimum Gasteiger partial charge on any atom is -0.344 e. The molecule has 0 fully saturated rings. The van der Waals surface area contributed by atoms with Gasteiger partial charge in [0.05, 0.1) is 5.75 Å². The lowest BCUT2D eigenvalue weighted by Crippen LogP contribution is -2.28. The van der Waals surface area contributed by atoms with Gasteiger partial charge in [-0.15, -0.1) is 0 Å². The molecule has 1 atom stereocenters. The summed E-state index contributed by atoms with van der Waals surface area (Å²) in [4.78, 5) is 16.0. The fraction of sp³-hybridized carbons (Fsp3) is 0.400. The minimum absolute atomic E-state index is 0.0625. The Morgan fingerprint density at radius 3 is 2.82 bits per heavy atom. The minimum atomic E-state index is -0.364. The maximum atomic E-state index is 12.9. The second-order valence-electron chi connectivity index (χ2n) is 4.80. The van der Waals surface area contributed by atoms with E-state index in [0.717, 1.165) is 12.2 Å². The van der Waals surface area contributed by atoms with Crippen LogP contribution in [0.3, 0.4) is 0 Å². The summed E-state index contributed by atoms with van der Waals surface area (Å²) in [6.45, 7) is 3.85. The number of nitrogens with one attached hydrogen (secondary N) is 1. The summed E-state index contributed by atoms with van der Waals surface area (Å²) in [7, 11) is 0. The van der Waals surface area contributed by atoms with E-state index in [0.29, 0.717) is 23.0 Å². The van der Waals surface area contributed by atoms with Crippen molar-refractivity contribution in [2.45, 2.75) is 26.3 Å². The first-order valence-electron chi connectivity index (χ1n) is 7.06. The van der Waals surface area contributed by atoms with Gasteiger partial charge in [0.15, 0.2) is 0 Å². The Morgan fingerprint density at radius 1 is 1.41 bits per heavy atom. The molecular formula is C15H18FN3O2S. The van der Waals surface area contributed by atoms with Crippen LogP contribution in [0.25, 0.3) is 11.4 Å². The quantitative estimate of drug-likeness (QED) is 0.793. The number of hydrogen-bond donors (Lipinski definition) is 1. The maximum Gasteiger partial charge on any atom is 0.249 e. The molecule has 1 heterocycles. The van der Waals surface area contributed by atoms with Gasteiger partial charge in [0, 0.05) is 5.56 Å². The summed E-state index contributed by atoms with van der Waals surface area (Å²) in [6.07, 6.45) is 1.04. The van der Waals surface area contributed by atoms with Crippen molar-refractivity contribution in [2.24, 2.45) is 0 Å². The number of benzene rings is 1. The predicted octanol–water partition coefficient (Wildman–Crippen LogP) is 3.20. The van der Waals surface area contributed by atoms with E-state index < -0.39 is 0 Å². The Hall–Kier alpha value is -1.89. The molecule has 0 saturated carbocycles. The highest BCUT2D eigenvalue weighted by molar-refractivity contribution is 7.99. The van der Waals surface area contributed by atoms with Gasteiger partial charge in [-0.2, -0.15) is 16.7 Å². The van der Waals surface area contributed by atoms with Crippen LogP contribution in [-0.4, -0.2) is 27.6 Å². The van der Waals surface area contributed by atoms with Gasteiger partial charge in [-0.05, 0) is 43.4 Å². The van der Waals surface area contributed by atoms with Crippen molar-refractivity contribution in [1.82, 2.24) is 15.5 Å². The molecule has 0 aliphatic carbocycles. The molecule has 0 spiro atoms. The zero-order valence-electron chi connectivity index (χ0n) is 12.5. The molecule has 1 N–H and O–H groups in total. The molecule has 0 aliphatic rings. The number of thioether (sulfide) groups is 1. The first-order valence-corrected chi connectivity index (χ1v) is 8.22. The lowest BCUT2D eigenvalue weighted by atomic mass is 10.2. The lowest BCUT2D eigenvalue weighted by molar-refractivity contribution is -0.119. The van der Waals surface area contributed by atoms with Gasteiger partial charge in [-0.1, -0.05) is 12.1 Å². The third-order valence-corrected chi connectivity index (χ3v) is 4.04. The number of halogens is 1. The molecule has 7 heteroatoms. The highest BCUT2D eigenvalue weighted by Gasteiger charge is 2.17. The monoisotopic (exact) mass is 323 g/mol. The summed E-state index contributed by atoms with van der Waals surface area (Å²) in [6, 6.07) is 5.46. The number of hydrogen-bond acceptors (Lipinski definition) is 5. The first-order chi connectivity index (χ1) is 10.6. The fourth-order valence-corrected chi connectivity index (χ4v) is 2.48. The Balaban J connectivity index is 1.95. The molecular weight excluding hydrogens is 305 g/mol. The number of carbonyl (C=O) groups is 1. The Labute approximate surface area is 132 Å². The van der Waals surface area contributed by atoms with Crippen molar-refractivity contribution in [3.8, 4) is 11.4 Å². The van der Waals surface area contributed by atoms with Gasteiger partial charge in [-0.3, -0.25) is 4.79 Å². The maximum absolute atomic E-state index is 12.9. The second kappa shape index (κ2) is 7.93. The molecule has 5 nitrogen and oxygen atoms in total. The van der Waals surface area contributed by atoms with E-state index in [1.54, 1.807) is 30.8 Å². The third-order valence-electron chi connectivity index (χ3n) is 2.87. The normalized spacial score (nSPS) is 12.1. The molecule has 22 heavy (non-hydrogen) atoms. The average Bonchev–Trinajstić information content (AvgIpc) is 2.98. The van der Waals surface area contributed by atoms with E-state index in [9.17, 15) is 9.18 Å². The average molecular weight is 323 g/mol. The molecule has 1 aromatic carbocycles. The molecule has 1 aromatic heterocycles. The van der Waals surface area contributed by atoms with Gasteiger partial charge in [0.2, 0.25) is 17.6 Å². The van der Waals surface area contributed by atoms with E-state index in [-0.39, 0.29) is 17.8 Å². The summed E-state index contributed by atoms with van der Waals surface area (Å²) in [5.74, 6) is 1.68. The fourth-order valence-electron chi connectivity index (χ4n) is 1.78. The van der Waals surface area contributed by atoms with E-state index in [1.165, 1.54) is 12.1 Å². The summed E-state index contributed by atoms with van der Waals surface area (Å²) in [5.41, 5.74) is 0.661. The molecule has 2 aromatic rings. The van der Waals surface area contributed by atoms with E-state index in [2.05, 4.69) is 22.4 Å². The molecule has 1 unspecified atom stereocenters. The smallest absolute Gasteiger partial charge is 0.249 e. The molecule has 0 aliphatic heterocycles. The Bertz CT molecular complexity index is 616. The standard InChI is InChI=1S/C15H18FN3O2S/c1-3-8-22-9-13(20)17-10(2)15-18-14(19-21-15)11-4-6-12(16)7-5-11/h4-7,10H,3,8-9H2,1-2H3,(H,17,20). The predicted molar refractivity (Wildman–Crippen MR) is 83.9 cm³/mol. The van der Waals surface area contributed by atoms with E-state index >= 15 is 0 Å². The van der Waals surface area contributed by atoms with Gasteiger partial charge >= 0.3 is 0 Å². The third kappa shape index (κ3) is 4.56. The van der Waals surface area contributed by atoms with E-state index in [4.69, 9.17) is 4.52 Å². The zero-order chi connectivity index (χ0) is 15.9. The summed E-state index contributed by atoms with van der Waals surface area (Å²) >= 11 is 1.59. The highest BCUT2D eigenvalue weighted by Crippen LogP contribution is 2.19. The zero-order valence-corrected chi connectivity index (χ0v) is 13.3. The van der Waals surface area contributed by atoms with Crippen LogP contribution in [0.5, 0.6) is 0 Å². The second-order valence-corrected chi connectivity index (χ2v) is 5.91. The van der Waals surface area contributed by atoms with Crippen LogP contribution in [0, 0.1) is 5.82 Å². The summed E-state index contributed by atoms with van der Waals surface area (Å²) < 4.78 is 18.1. The van der Waals surface area contributed by atoms with Crippen LogP contribution in [0.2, 0.25) is 0 Å². The van der Waals surface area contributed by atoms with Crippen LogP contribution in [0.1, 0.15) is 32.2 Å². The van der Waals surface area contributed by atoms with Crippen LogP contribution in [0.15, 0.2) is 28.8 Å². The van der Waals surface area contributed by atoms with Crippen molar-refractivity contribution in [2.75, 3.05) is 11.5 Å². The molecule has 0 saturated heterocycles. The molecule has 2 rings (SSSR count). The first kappa shape index (κ1) is 16.5. The molecule has 0 radical (unpaired) electrons. The van der Waals surface area contributed by atoms with Crippen LogP contribution >= 0.6 is 11.8 Å². The Morgan fingerprint density at radius 2 is 2.14 bits per heavy atom. The van der Waals surface area contributed by atoms with Crippen molar-refractivity contribution in [3.05, 3.63) is 36.0 Å². The van der Waals surface area contributed by atoms with Crippen molar-refractivity contribution >= 4 is 17.7 Å². The van der Waals surface area contributed by atoms with Gasteiger partial charge in [0.25, 0.3) is 0 Å². The van der Waals surface area contributed by atoms with Crippen molar-refractivity contribution in [3.63, 3.8) is 0 Å². The van der Waals surface area contributed by atoms with Gasteiger partial charge < -0.3 is 9.84 Å². The molecule has 1 amide bonds. The molecule has 118 valence electrons. The number of carbonyl (C=O) groups excluding carboxylic acids is 1. The topological polar surface area (TPSA) is 68.0 Å². The SMILES string of the molecule is CCCSCC(=O)NC(C)c1nc(-c2ccc(F)cc2)no1. The van der Waals surface area contributed by atoms with E-state index in [1.807, 2.05) is 0 Å². The number of nitrogens with zero attached hydrogens (tertiary/aromatic N) is 2. The Kier molecular flexibility index (Phi) is 5.94. The largest absolute Gasteiger partial charge is 0.344 e. The number of amides is 1. The lowest BCUT2D eigenvalue weighted by Gasteiger charge is -2.09. The van der Waals surface area contributed by atoms with Gasteiger partial charge in [0.1, 0.15) is 11.9 Å². The highest BCUT2D eigenvalue weighted by atomic mass is 32.2.